The van der Waals surface area contributed by atoms with Crippen LogP contribution in [0.2, 0.25) is 0 Å². The maximum absolute atomic E-state index is 12.0. The highest BCUT2D eigenvalue weighted by atomic mass is 32.1. The first-order chi connectivity index (χ1) is 11.1. The van der Waals surface area contributed by atoms with Crippen molar-refractivity contribution in [3.63, 3.8) is 0 Å². The molecule has 0 unspecified atom stereocenters. The van der Waals surface area contributed by atoms with E-state index in [4.69, 9.17) is 26.1 Å². The van der Waals surface area contributed by atoms with Gasteiger partial charge < -0.3 is 18.5 Å². The molecule has 2 aromatic rings. The summed E-state index contributed by atoms with van der Waals surface area (Å²) in [7, 11) is 0. The fourth-order valence-electron chi connectivity index (χ4n) is 3.20. The molecule has 0 aliphatic carbocycles. The first-order valence-electron chi connectivity index (χ1n) is 7.63. The van der Waals surface area contributed by atoms with Crippen molar-refractivity contribution in [2.45, 2.75) is 45.2 Å². The van der Waals surface area contributed by atoms with Gasteiger partial charge in [-0.2, -0.15) is 5.10 Å². The fourth-order valence-corrected chi connectivity index (χ4v) is 3.59. The minimum atomic E-state index is -0.714. The number of furan rings is 1. The monoisotopic (exact) mass is 335 g/mol. The van der Waals surface area contributed by atoms with Crippen LogP contribution < -0.4 is 0 Å². The number of fused-ring (bicyclic) bond motifs is 2. The second-order valence-corrected chi connectivity index (χ2v) is 6.13. The van der Waals surface area contributed by atoms with Gasteiger partial charge in [0, 0.05) is 13.0 Å². The van der Waals surface area contributed by atoms with Crippen LogP contribution in [0.3, 0.4) is 0 Å². The molecular weight excluding hydrogens is 318 g/mol. The molecule has 7 nitrogen and oxygen atoms in total. The molecule has 0 radical (unpaired) electrons. The van der Waals surface area contributed by atoms with Gasteiger partial charge in [0.05, 0.1) is 24.5 Å². The van der Waals surface area contributed by atoms with E-state index in [1.807, 2.05) is 24.5 Å². The molecule has 2 aromatic heterocycles. The second-order valence-electron chi connectivity index (χ2n) is 5.76. The van der Waals surface area contributed by atoms with Crippen molar-refractivity contribution in [1.29, 1.82) is 0 Å². The Labute approximate surface area is 137 Å². The molecule has 0 N–H and O–H groups in total. The van der Waals surface area contributed by atoms with Crippen LogP contribution in [-0.2, 0) is 20.8 Å². The van der Waals surface area contributed by atoms with Crippen LogP contribution in [0.1, 0.15) is 25.1 Å². The first kappa shape index (κ1) is 14.8. The molecule has 2 aliphatic heterocycles. The van der Waals surface area contributed by atoms with Crippen molar-refractivity contribution in [3.05, 3.63) is 22.9 Å². The van der Waals surface area contributed by atoms with Gasteiger partial charge in [0.2, 0.25) is 6.29 Å². The third-order valence-electron chi connectivity index (χ3n) is 4.43. The molecule has 4 heterocycles. The summed E-state index contributed by atoms with van der Waals surface area (Å²) in [6.07, 6.45) is 1.06. The third-order valence-corrected chi connectivity index (χ3v) is 4.84. The Hall–Kier alpha value is -1.77. The number of ether oxygens (including phenoxy) is 2. The Bertz CT molecular complexity index is 821. The molecule has 23 heavy (non-hydrogen) atoms. The van der Waals surface area contributed by atoms with Crippen LogP contribution in [0.15, 0.2) is 16.7 Å². The van der Waals surface area contributed by atoms with Crippen LogP contribution in [-0.4, -0.2) is 39.1 Å². The van der Waals surface area contributed by atoms with E-state index in [-0.39, 0.29) is 17.9 Å². The van der Waals surface area contributed by atoms with Crippen LogP contribution in [0.4, 0.5) is 0 Å². The molecule has 2 bridgehead atoms. The van der Waals surface area contributed by atoms with Gasteiger partial charge >= 0.3 is 0 Å². The van der Waals surface area contributed by atoms with Crippen LogP contribution in [0.5, 0.6) is 0 Å². The number of aryl methyl sites for hydroxylation is 1. The summed E-state index contributed by atoms with van der Waals surface area (Å²) in [6, 6.07) is 1.65. The summed E-state index contributed by atoms with van der Waals surface area (Å²) in [5, 5.41) is 4.69. The lowest BCUT2D eigenvalue weighted by molar-refractivity contribution is -0.156. The summed E-state index contributed by atoms with van der Waals surface area (Å²) >= 11 is 5.59. The Morgan fingerprint density at radius 2 is 2.30 bits per heavy atom. The van der Waals surface area contributed by atoms with Gasteiger partial charge in [0.1, 0.15) is 11.9 Å². The number of nitrogens with zero attached hydrogens (tertiary/aromatic N) is 3. The van der Waals surface area contributed by atoms with Gasteiger partial charge in [-0.05, 0) is 32.1 Å². The lowest BCUT2D eigenvalue weighted by Gasteiger charge is -2.26. The van der Waals surface area contributed by atoms with E-state index in [9.17, 15) is 4.79 Å². The van der Waals surface area contributed by atoms with Gasteiger partial charge in [-0.3, -0.25) is 4.79 Å². The van der Waals surface area contributed by atoms with Crippen molar-refractivity contribution in [2.24, 2.45) is 0 Å². The Morgan fingerprint density at radius 1 is 1.48 bits per heavy atom. The van der Waals surface area contributed by atoms with E-state index in [1.165, 1.54) is 0 Å². The van der Waals surface area contributed by atoms with Gasteiger partial charge in [0.15, 0.2) is 16.4 Å². The van der Waals surface area contributed by atoms with Crippen molar-refractivity contribution < 1.29 is 18.7 Å². The van der Waals surface area contributed by atoms with E-state index in [2.05, 4.69) is 5.10 Å². The lowest BCUT2D eigenvalue weighted by atomic mass is 10.0. The standard InChI is InChI=1S/C15H17N3O4S/c1-3-17-13(9-4-5-20-8(9)2)16-18(15(17)23)10-6-11(19)14-21-7-12(10)22-14/h4-5,10,12,14H,3,6-7H2,1-2H3/t10-,12-,14-/m1/s1. The predicted molar refractivity (Wildman–Crippen MR) is 82.4 cm³/mol. The summed E-state index contributed by atoms with van der Waals surface area (Å²) in [5.41, 5.74) is 0.903. The molecule has 0 amide bonds. The third kappa shape index (κ3) is 2.20. The maximum atomic E-state index is 12.0. The molecule has 4 rings (SSSR count). The zero-order valence-electron chi connectivity index (χ0n) is 12.9. The average molecular weight is 335 g/mol. The first-order valence-corrected chi connectivity index (χ1v) is 8.04. The largest absolute Gasteiger partial charge is 0.469 e. The average Bonchev–Trinajstić information content (AvgIpc) is 3.21. The highest BCUT2D eigenvalue weighted by molar-refractivity contribution is 7.71. The molecule has 122 valence electrons. The van der Waals surface area contributed by atoms with E-state index >= 15 is 0 Å². The summed E-state index contributed by atoms with van der Waals surface area (Å²) in [5.74, 6) is 1.47. The number of Topliss-reactive ketones (excluding diaryl/α,β-unsaturated/α-hetero) is 1. The predicted octanol–water partition coefficient (Wildman–Crippen LogP) is 2.26. The number of rotatable bonds is 3. The fraction of sp³-hybridized carbons (Fsp3) is 0.533. The number of carbonyl (C=O) groups is 1. The highest BCUT2D eigenvalue weighted by Gasteiger charge is 2.45. The van der Waals surface area contributed by atoms with E-state index in [1.54, 1.807) is 10.9 Å². The molecule has 2 saturated heterocycles. The van der Waals surface area contributed by atoms with E-state index < -0.39 is 6.29 Å². The maximum Gasteiger partial charge on any atom is 0.218 e. The molecule has 0 spiro atoms. The van der Waals surface area contributed by atoms with Crippen LogP contribution >= 0.6 is 12.2 Å². The number of hydrogen-bond acceptors (Lipinski definition) is 6. The molecule has 2 fully saturated rings. The molecule has 8 heteroatoms. The minimum absolute atomic E-state index is 0.0576. The Morgan fingerprint density at radius 3 is 3.00 bits per heavy atom. The van der Waals surface area contributed by atoms with Crippen molar-refractivity contribution in [1.82, 2.24) is 14.3 Å². The topological polar surface area (TPSA) is 71.4 Å². The normalized spacial score (nSPS) is 26.9. The van der Waals surface area contributed by atoms with Crippen molar-refractivity contribution in [2.75, 3.05) is 6.61 Å². The Kier molecular flexibility index (Phi) is 3.47. The van der Waals surface area contributed by atoms with Gasteiger partial charge in [0.25, 0.3) is 0 Å². The zero-order valence-corrected chi connectivity index (χ0v) is 13.7. The van der Waals surface area contributed by atoms with Crippen molar-refractivity contribution >= 4 is 18.0 Å². The molecule has 3 atom stereocenters. The van der Waals surface area contributed by atoms with E-state index in [0.717, 1.165) is 17.1 Å². The van der Waals surface area contributed by atoms with Gasteiger partial charge in [-0.15, -0.1) is 0 Å². The molecule has 2 aliphatic rings. The number of ketones is 1. The summed E-state index contributed by atoms with van der Waals surface area (Å²) < 4.78 is 20.6. The number of carbonyl (C=O) groups excluding carboxylic acids is 1. The summed E-state index contributed by atoms with van der Waals surface area (Å²) in [4.78, 5) is 12.0. The Balaban J connectivity index is 1.81. The van der Waals surface area contributed by atoms with E-state index in [0.29, 0.717) is 24.3 Å². The van der Waals surface area contributed by atoms with Crippen LogP contribution in [0.25, 0.3) is 11.4 Å². The molecule has 0 aromatic carbocycles. The smallest absolute Gasteiger partial charge is 0.218 e. The van der Waals surface area contributed by atoms with Crippen LogP contribution in [0, 0.1) is 11.7 Å². The number of hydrogen-bond donors (Lipinski definition) is 0. The zero-order chi connectivity index (χ0) is 16.1. The van der Waals surface area contributed by atoms with Crippen molar-refractivity contribution in [3.8, 4) is 11.4 Å². The highest BCUT2D eigenvalue weighted by Crippen LogP contribution is 2.34. The summed E-state index contributed by atoms with van der Waals surface area (Å²) in [6.45, 7) is 4.98. The van der Waals surface area contributed by atoms with Gasteiger partial charge in [-0.1, -0.05) is 0 Å². The van der Waals surface area contributed by atoms with Gasteiger partial charge in [-0.25, -0.2) is 4.68 Å². The minimum Gasteiger partial charge on any atom is -0.469 e. The quantitative estimate of drug-likeness (QED) is 0.801. The molecular formula is C15H17N3O4S. The number of aromatic nitrogens is 3. The molecule has 0 saturated carbocycles. The second kappa shape index (κ2) is 5.40. The SMILES string of the molecule is CCn1c(-c2ccoc2C)nn([C@@H]2CC(=O)[C@@H]3OC[C@H]2O3)c1=S. The lowest BCUT2D eigenvalue weighted by Crippen LogP contribution is -2.37.